The van der Waals surface area contributed by atoms with Crippen molar-refractivity contribution in [2.75, 3.05) is 0 Å². The summed E-state index contributed by atoms with van der Waals surface area (Å²) in [6.45, 7) is 0.365. The van der Waals surface area contributed by atoms with E-state index in [1.807, 2.05) is 48.5 Å². The number of halogens is 2. The Balaban J connectivity index is 1.34. The molecule has 0 radical (unpaired) electrons. The van der Waals surface area contributed by atoms with E-state index in [2.05, 4.69) is 20.7 Å². The zero-order chi connectivity index (χ0) is 22.3. The maximum Gasteiger partial charge on any atom is 0.289 e. The number of nitrogens with zero attached hydrogens (tertiary/aromatic N) is 2. The topological polar surface area (TPSA) is 79.4 Å². The molecule has 0 saturated heterocycles. The first-order valence-electron chi connectivity index (χ1n) is 9.69. The first kappa shape index (κ1) is 21.3. The van der Waals surface area contributed by atoms with Crippen LogP contribution in [0.1, 0.15) is 21.6 Å². The summed E-state index contributed by atoms with van der Waals surface area (Å²) in [6, 6.07) is 22.3. The normalized spacial score (nSPS) is 10.9. The highest BCUT2D eigenvalue weighted by Crippen LogP contribution is 2.23. The van der Waals surface area contributed by atoms with Crippen LogP contribution in [0.4, 0.5) is 4.39 Å². The minimum atomic E-state index is -0.443. The Morgan fingerprint density at radius 1 is 1.09 bits per heavy atom. The lowest BCUT2D eigenvalue weighted by Crippen LogP contribution is -2.17. The number of rotatable bonds is 7. The van der Waals surface area contributed by atoms with Gasteiger partial charge in [0.25, 0.3) is 5.91 Å². The SMILES string of the molecule is O=C(N/N=C/c1ccc(F)cc1)c1cc(-c2ccc(OCc3ccccc3Cl)cc2)n[nH]1. The highest BCUT2D eigenvalue weighted by atomic mass is 35.5. The average molecular weight is 449 g/mol. The van der Waals surface area contributed by atoms with E-state index >= 15 is 0 Å². The number of aromatic amines is 1. The summed E-state index contributed by atoms with van der Waals surface area (Å²) < 4.78 is 18.7. The number of hydrazone groups is 1. The van der Waals surface area contributed by atoms with Gasteiger partial charge in [-0.15, -0.1) is 0 Å². The van der Waals surface area contributed by atoms with Crippen LogP contribution in [0.15, 0.2) is 84.0 Å². The van der Waals surface area contributed by atoms with Gasteiger partial charge in [0.05, 0.1) is 11.9 Å². The summed E-state index contributed by atoms with van der Waals surface area (Å²) in [5, 5.41) is 11.4. The third-order valence-electron chi connectivity index (χ3n) is 4.57. The molecule has 2 N–H and O–H groups in total. The average Bonchev–Trinajstić information content (AvgIpc) is 3.31. The van der Waals surface area contributed by atoms with Gasteiger partial charge < -0.3 is 4.74 Å². The van der Waals surface area contributed by atoms with Crippen molar-refractivity contribution >= 4 is 23.7 Å². The lowest BCUT2D eigenvalue weighted by atomic mass is 10.1. The molecule has 0 aliphatic heterocycles. The number of aromatic nitrogens is 2. The molecule has 0 bridgehead atoms. The van der Waals surface area contributed by atoms with Crippen molar-refractivity contribution in [1.29, 1.82) is 0 Å². The van der Waals surface area contributed by atoms with Crippen molar-refractivity contribution in [3.63, 3.8) is 0 Å². The van der Waals surface area contributed by atoms with Crippen LogP contribution in [0.25, 0.3) is 11.3 Å². The quantitative estimate of drug-likeness (QED) is 0.301. The monoisotopic (exact) mass is 448 g/mol. The lowest BCUT2D eigenvalue weighted by Gasteiger charge is -2.08. The molecule has 1 amide bonds. The minimum Gasteiger partial charge on any atom is -0.489 e. The van der Waals surface area contributed by atoms with Crippen molar-refractivity contribution in [2.24, 2.45) is 5.10 Å². The Labute approximate surface area is 188 Å². The fourth-order valence-corrected chi connectivity index (χ4v) is 3.05. The molecule has 4 aromatic rings. The van der Waals surface area contributed by atoms with Crippen LogP contribution in [0.3, 0.4) is 0 Å². The number of carbonyl (C=O) groups is 1. The summed E-state index contributed by atoms with van der Waals surface area (Å²) in [4.78, 5) is 12.2. The number of ether oxygens (including phenoxy) is 1. The Morgan fingerprint density at radius 3 is 2.59 bits per heavy atom. The molecule has 4 rings (SSSR count). The molecule has 1 heterocycles. The second kappa shape index (κ2) is 9.89. The molecule has 0 aliphatic carbocycles. The number of carbonyl (C=O) groups excluding carboxylic acids is 1. The first-order chi connectivity index (χ1) is 15.6. The fraction of sp³-hybridized carbons (Fsp3) is 0.0417. The number of H-pyrrole nitrogens is 1. The van der Waals surface area contributed by atoms with Crippen molar-refractivity contribution in [1.82, 2.24) is 15.6 Å². The molecule has 0 aliphatic rings. The van der Waals surface area contributed by atoms with Gasteiger partial charge in [-0.3, -0.25) is 9.89 Å². The van der Waals surface area contributed by atoms with Crippen LogP contribution in [0.2, 0.25) is 5.02 Å². The maximum atomic E-state index is 12.9. The van der Waals surface area contributed by atoms with Crippen LogP contribution in [-0.2, 0) is 6.61 Å². The number of benzene rings is 3. The van der Waals surface area contributed by atoms with Gasteiger partial charge in [-0.05, 0) is 54.1 Å². The van der Waals surface area contributed by atoms with Crippen molar-refractivity contribution in [3.05, 3.63) is 107 Å². The largest absolute Gasteiger partial charge is 0.489 e. The smallest absolute Gasteiger partial charge is 0.289 e. The van der Waals surface area contributed by atoms with Gasteiger partial charge in [0.1, 0.15) is 23.9 Å². The van der Waals surface area contributed by atoms with E-state index < -0.39 is 5.91 Å². The van der Waals surface area contributed by atoms with E-state index in [1.165, 1.54) is 18.3 Å². The van der Waals surface area contributed by atoms with E-state index in [0.29, 0.717) is 28.6 Å². The van der Waals surface area contributed by atoms with Gasteiger partial charge in [-0.1, -0.05) is 41.9 Å². The standard InChI is InChI=1S/C24H18ClFN4O2/c25-21-4-2-1-3-18(21)15-32-20-11-7-17(8-12-20)22-13-23(29-28-22)24(31)30-27-14-16-5-9-19(26)10-6-16/h1-14H,15H2,(H,28,29)(H,30,31)/b27-14+. The van der Waals surface area contributed by atoms with Gasteiger partial charge in [-0.25, -0.2) is 9.82 Å². The van der Waals surface area contributed by atoms with E-state index in [-0.39, 0.29) is 11.5 Å². The third kappa shape index (κ3) is 5.39. The second-order valence-corrected chi connectivity index (χ2v) is 7.23. The zero-order valence-electron chi connectivity index (χ0n) is 16.8. The van der Waals surface area contributed by atoms with Crippen molar-refractivity contribution in [2.45, 2.75) is 6.61 Å². The number of nitrogens with one attached hydrogen (secondary N) is 2. The van der Waals surface area contributed by atoms with Crippen molar-refractivity contribution < 1.29 is 13.9 Å². The van der Waals surface area contributed by atoms with E-state index in [0.717, 1.165) is 11.1 Å². The summed E-state index contributed by atoms with van der Waals surface area (Å²) >= 11 is 6.15. The van der Waals surface area contributed by atoms with E-state index in [9.17, 15) is 9.18 Å². The van der Waals surface area contributed by atoms with Crippen LogP contribution in [-0.4, -0.2) is 22.3 Å². The lowest BCUT2D eigenvalue weighted by molar-refractivity contribution is 0.0950. The van der Waals surface area contributed by atoms with Crippen molar-refractivity contribution in [3.8, 4) is 17.0 Å². The highest BCUT2D eigenvalue weighted by molar-refractivity contribution is 6.31. The van der Waals surface area contributed by atoms with Crippen LogP contribution < -0.4 is 10.2 Å². The summed E-state index contributed by atoms with van der Waals surface area (Å²) in [5.74, 6) is -0.0875. The van der Waals surface area contributed by atoms with E-state index in [4.69, 9.17) is 16.3 Å². The fourth-order valence-electron chi connectivity index (χ4n) is 2.86. The van der Waals surface area contributed by atoms with E-state index in [1.54, 1.807) is 18.2 Å². The molecule has 0 saturated carbocycles. The maximum absolute atomic E-state index is 12.9. The molecule has 0 atom stereocenters. The van der Waals surface area contributed by atoms with Gasteiger partial charge in [-0.2, -0.15) is 10.2 Å². The van der Waals surface area contributed by atoms with Crippen LogP contribution in [0.5, 0.6) is 5.75 Å². The number of amides is 1. The molecular formula is C24H18ClFN4O2. The Hall–Kier alpha value is -3.97. The van der Waals surface area contributed by atoms with Gasteiger partial charge in [0, 0.05) is 16.1 Å². The predicted molar refractivity (Wildman–Crippen MR) is 121 cm³/mol. The highest BCUT2D eigenvalue weighted by Gasteiger charge is 2.11. The zero-order valence-corrected chi connectivity index (χ0v) is 17.5. The summed E-state index contributed by atoms with van der Waals surface area (Å²) in [6.07, 6.45) is 1.43. The molecule has 0 fully saturated rings. The minimum absolute atomic E-state index is 0.260. The Kier molecular flexibility index (Phi) is 6.57. The second-order valence-electron chi connectivity index (χ2n) is 6.82. The summed E-state index contributed by atoms with van der Waals surface area (Å²) in [7, 11) is 0. The molecule has 8 heteroatoms. The Bertz CT molecular complexity index is 1240. The molecule has 32 heavy (non-hydrogen) atoms. The molecule has 160 valence electrons. The number of hydrogen-bond donors (Lipinski definition) is 2. The van der Waals surface area contributed by atoms with Gasteiger partial charge in [0.15, 0.2) is 0 Å². The molecule has 1 aromatic heterocycles. The number of hydrogen-bond acceptors (Lipinski definition) is 4. The summed E-state index contributed by atoms with van der Waals surface area (Å²) in [5.41, 5.74) is 5.66. The molecule has 0 unspecified atom stereocenters. The Morgan fingerprint density at radius 2 is 1.84 bits per heavy atom. The molecular weight excluding hydrogens is 431 g/mol. The van der Waals surface area contributed by atoms with Gasteiger partial charge >= 0.3 is 0 Å². The third-order valence-corrected chi connectivity index (χ3v) is 4.94. The first-order valence-corrected chi connectivity index (χ1v) is 10.1. The molecule has 6 nitrogen and oxygen atoms in total. The van der Waals surface area contributed by atoms with Crippen LogP contribution in [0, 0.1) is 5.82 Å². The predicted octanol–water partition coefficient (Wildman–Crippen LogP) is 5.21. The van der Waals surface area contributed by atoms with Gasteiger partial charge in [0.2, 0.25) is 0 Å². The van der Waals surface area contributed by atoms with Crippen LogP contribution >= 0.6 is 11.6 Å². The molecule has 3 aromatic carbocycles. The molecule has 0 spiro atoms.